The molecule has 0 saturated carbocycles. The molecule has 6 heteroatoms. The molecule has 3 N–H and O–H groups in total. The quantitative estimate of drug-likeness (QED) is 0.620. The van der Waals surface area contributed by atoms with Gasteiger partial charge < -0.3 is 15.8 Å². The van der Waals surface area contributed by atoms with Gasteiger partial charge in [-0.15, -0.1) is 0 Å². The largest absolute Gasteiger partial charge is 0.467 e. The summed E-state index contributed by atoms with van der Waals surface area (Å²) in [7, 11) is 1.30. The average Bonchev–Trinajstić information content (AvgIpc) is 2.56. The van der Waals surface area contributed by atoms with Crippen molar-refractivity contribution in [2.75, 3.05) is 12.8 Å². The van der Waals surface area contributed by atoms with Gasteiger partial charge in [-0.05, 0) is 42.0 Å². The van der Waals surface area contributed by atoms with Crippen LogP contribution in [0.4, 0.5) is 5.69 Å². The lowest BCUT2D eigenvalue weighted by molar-refractivity contribution is -0.142. The smallest absolute Gasteiger partial charge is 0.328 e. The highest BCUT2D eigenvalue weighted by molar-refractivity contribution is 9.10. The van der Waals surface area contributed by atoms with Gasteiger partial charge in [0.2, 0.25) is 0 Å². The third kappa shape index (κ3) is 4.82. The number of benzene rings is 2. The molecule has 0 aromatic heterocycles. The molecule has 1 amide bonds. The standard InChI is InChI=1S/C17H17BrN2O3/c1-23-17(22)15(10-11-2-6-13(18)7-3-11)20-16(21)12-4-8-14(19)9-5-12/h2-9,15H,10,19H2,1H3,(H,20,21)/t15-/m0/s1. The first-order chi connectivity index (χ1) is 11.0. The Hall–Kier alpha value is -2.34. The van der Waals surface area contributed by atoms with E-state index in [0.717, 1.165) is 10.0 Å². The van der Waals surface area contributed by atoms with Crippen LogP contribution >= 0.6 is 15.9 Å². The molecule has 0 bridgehead atoms. The van der Waals surface area contributed by atoms with Crippen LogP contribution in [0.3, 0.4) is 0 Å². The predicted molar refractivity (Wildman–Crippen MR) is 92.0 cm³/mol. The topological polar surface area (TPSA) is 81.4 Å². The average molecular weight is 377 g/mol. The van der Waals surface area contributed by atoms with Crippen LogP contribution in [0.1, 0.15) is 15.9 Å². The molecule has 0 fully saturated rings. The number of nitrogen functional groups attached to an aromatic ring is 1. The molecular weight excluding hydrogens is 360 g/mol. The maximum Gasteiger partial charge on any atom is 0.328 e. The number of carbonyl (C=O) groups is 2. The molecule has 0 aliphatic rings. The summed E-state index contributed by atoms with van der Waals surface area (Å²) in [6, 6.07) is 13.3. The van der Waals surface area contributed by atoms with E-state index in [2.05, 4.69) is 21.2 Å². The summed E-state index contributed by atoms with van der Waals surface area (Å²) >= 11 is 3.36. The van der Waals surface area contributed by atoms with Crippen LogP contribution in [0.2, 0.25) is 0 Å². The summed E-state index contributed by atoms with van der Waals surface area (Å²) in [4.78, 5) is 24.2. The van der Waals surface area contributed by atoms with Gasteiger partial charge in [0.15, 0.2) is 0 Å². The molecule has 0 heterocycles. The normalized spacial score (nSPS) is 11.6. The number of amides is 1. The van der Waals surface area contributed by atoms with Gasteiger partial charge in [-0.25, -0.2) is 4.79 Å². The number of halogens is 1. The lowest BCUT2D eigenvalue weighted by atomic mass is 10.1. The molecule has 0 aliphatic heterocycles. The molecule has 2 aromatic rings. The van der Waals surface area contributed by atoms with Crippen molar-refractivity contribution in [3.8, 4) is 0 Å². The minimum atomic E-state index is -0.758. The minimum absolute atomic E-state index is 0.348. The second-order valence-electron chi connectivity index (χ2n) is 5.00. The summed E-state index contributed by atoms with van der Waals surface area (Å²) in [5.41, 5.74) is 7.52. The van der Waals surface area contributed by atoms with Crippen molar-refractivity contribution in [3.63, 3.8) is 0 Å². The van der Waals surface area contributed by atoms with E-state index in [9.17, 15) is 9.59 Å². The Kier molecular flexibility index (Phi) is 5.76. The molecule has 120 valence electrons. The van der Waals surface area contributed by atoms with E-state index >= 15 is 0 Å². The van der Waals surface area contributed by atoms with Crippen LogP contribution in [0.5, 0.6) is 0 Å². The van der Waals surface area contributed by atoms with Crippen LogP contribution in [-0.4, -0.2) is 25.0 Å². The Morgan fingerprint density at radius 1 is 1.13 bits per heavy atom. The van der Waals surface area contributed by atoms with Gasteiger partial charge in [0.05, 0.1) is 7.11 Å². The van der Waals surface area contributed by atoms with Crippen LogP contribution in [0, 0.1) is 0 Å². The van der Waals surface area contributed by atoms with Crippen LogP contribution in [0.25, 0.3) is 0 Å². The molecule has 2 rings (SSSR count). The highest BCUT2D eigenvalue weighted by Gasteiger charge is 2.22. The van der Waals surface area contributed by atoms with E-state index in [1.165, 1.54) is 7.11 Å². The summed E-state index contributed by atoms with van der Waals surface area (Å²) in [5.74, 6) is -0.839. The zero-order chi connectivity index (χ0) is 16.8. The zero-order valence-corrected chi connectivity index (χ0v) is 14.2. The SMILES string of the molecule is COC(=O)[C@H](Cc1ccc(Br)cc1)NC(=O)c1ccc(N)cc1. The second-order valence-corrected chi connectivity index (χ2v) is 5.92. The van der Waals surface area contributed by atoms with Crippen molar-refractivity contribution in [2.45, 2.75) is 12.5 Å². The number of ether oxygens (including phenoxy) is 1. The van der Waals surface area contributed by atoms with Gasteiger partial charge in [0, 0.05) is 22.1 Å². The molecule has 2 aromatic carbocycles. The summed E-state index contributed by atoms with van der Waals surface area (Å²) in [5, 5.41) is 2.70. The van der Waals surface area contributed by atoms with E-state index in [-0.39, 0.29) is 5.91 Å². The van der Waals surface area contributed by atoms with Gasteiger partial charge in [0.1, 0.15) is 6.04 Å². The summed E-state index contributed by atoms with van der Waals surface area (Å²) in [6.45, 7) is 0. The molecule has 0 aliphatic carbocycles. The monoisotopic (exact) mass is 376 g/mol. The lowest BCUT2D eigenvalue weighted by Gasteiger charge is -2.17. The van der Waals surface area contributed by atoms with Crippen molar-refractivity contribution in [1.82, 2.24) is 5.32 Å². The van der Waals surface area contributed by atoms with Crippen LogP contribution in [0.15, 0.2) is 53.0 Å². The Labute approximate surface area is 143 Å². The number of rotatable bonds is 5. The van der Waals surface area contributed by atoms with E-state index < -0.39 is 12.0 Å². The Bertz CT molecular complexity index is 684. The Morgan fingerprint density at radius 2 is 1.74 bits per heavy atom. The number of methoxy groups -OCH3 is 1. The molecule has 1 atom stereocenters. The van der Waals surface area contributed by atoms with Crippen molar-refractivity contribution in [3.05, 3.63) is 64.1 Å². The zero-order valence-electron chi connectivity index (χ0n) is 12.6. The van der Waals surface area contributed by atoms with Crippen molar-refractivity contribution >= 4 is 33.5 Å². The molecule has 0 saturated heterocycles. The number of esters is 1. The summed E-state index contributed by atoms with van der Waals surface area (Å²) in [6.07, 6.45) is 0.348. The molecular formula is C17H17BrN2O3. The predicted octanol–water partition coefficient (Wildman–Crippen LogP) is 2.55. The van der Waals surface area contributed by atoms with Gasteiger partial charge in [0.25, 0.3) is 5.91 Å². The van der Waals surface area contributed by atoms with Gasteiger partial charge >= 0.3 is 5.97 Å². The maximum atomic E-state index is 12.3. The Morgan fingerprint density at radius 3 is 2.30 bits per heavy atom. The van der Waals surface area contributed by atoms with Gasteiger partial charge in [-0.3, -0.25) is 4.79 Å². The summed E-state index contributed by atoms with van der Waals surface area (Å²) < 4.78 is 5.73. The first kappa shape index (κ1) is 17.0. The fourth-order valence-corrected chi connectivity index (χ4v) is 2.33. The number of carbonyl (C=O) groups excluding carboxylic acids is 2. The molecule has 0 radical (unpaired) electrons. The number of nitrogens with two attached hydrogens (primary N) is 1. The highest BCUT2D eigenvalue weighted by Crippen LogP contribution is 2.13. The number of nitrogens with one attached hydrogen (secondary N) is 1. The second kappa shape index (κ2) is 7.78. The van der Waals surface area contributed by atoms with Crippen molar-refractivity contribution in [2.24, 2.45) is 0 Å². The van der Waals surface area contributed by atoms with E-state index in [0.29, 0.717) is 17.7 Å². The Balaban J connectivity index is 2.12. The van der Waals surface area contributed by atoms with E-state index in [1.54, 1.807) is 24.3 Å². The first-order valence-electron chi connectivity index (χ1n) is 6.98. The number of hydrogen-bond acceptors (Lipinski definition) is 4. The molecule has 5 nitrogen and oxygen atoms in total. The van der Waals surface area contributed by atoms with Gasteiger partial charge in [-0.1, -0.05) is 28.1 Å². The minimum Gasteiger partial charge on any atom is -0.467 e. The third-order valence-corrected chi connectivity index (χ3v) is 3.85. The maximum absolute atomic E-state index is 12.3. The van der Waals surface area contributed by atoms with Gasteiger partial charge in [-0.2, -0.15) is 0 Å². The van der Waals surface area contributed by atoms with E-state index in [1.807, 2.05) is 24.3 Å². The lowest BCUT2D eigenvalue weighted by Crippen LogP contribution is -2.43. The first-order valence-corrected chi connectivity index (χ1v) is 7.77. The number of anilines is 1. The fourth-order valence-electron chi connectivity index (χ4n) is 2.07. The third-order valence-electron chi connectivity index (χ3n) is 3.32. The van der Waals surface area contributed by atoms with E-state index in [4.69, 9.17) is 10.5 Å². The fraction of sp³-hybridized carbons (Fsp3) is 0.176. The van der Waals surface area contributed by atoms with Crippen LogP contribution in [-0.2, 0) is 16.0 Å². The van der Waals surface area contributed by atoms with Crippen LogP contribution < -0.4 is 11.1 Å². The highest BCUT2D eigenvalue weighted by atomic mass is 79.9. The molecule has 0 spiro atoms. The van der Waals surface area contributed by atoms with Crippen molar-refractivity contribution in [1.29, 1.82) is 0 Å². The number of hydrogen-bond donors (Lipinski definition) is 2. The van der Waals surface area contributed by atoms with Crippen molar-refractivity contribution < 1.29 is 14.3 Å². The molecule has 23 heavy (non-hydrogen) atoms. The molecule has 0 unspecified atom stereocenters.